The predicted octanol–water partition coefficient (Wildman–Crippen LogP) is 0.575. The molecule has 4 nitrogen and oxygen atoms in total. The fraction of sp³-hybridized carbons (Fsp3) is 0.714. The Morgan fingerprint density at radius 3 is 2.91 bits per heavy atom. The number of hydrogen-bond donors (Lipinski definition) is 1. The molecule has 1 fully saturated rings. The van der Waals surface area contributed by atoms with Gasteiger partial charge in [-0.25, -0.2) is 4.79 Å². The van der Waals surface area contributed by atoms with Gasteiger partial charge in [0.25, 0.3) is 0 Å². The van der Waals surface area contributed by atoms with Crippen LogP contribution < -0.4 is 0 Å². The molecule has 1 atom stereocenters. The normalized spacial score (nSPS) is 23.6. The first-order chi connectivity index (χ1) is 5.24. The summed E-state index contributed by atoms with van der Waals surface area (Å²) in [6.45, 7) is 1.10. The third-order valence-electron chi connectivity index (χ3n) is 1.99. The molecule has 0 aromatic rings. The molecule has 0 aromatic heterocycles. The van der Waals surface area contributed by atoms with Gasteiger partial charge in [0, 0.05) is 19.5 Å². The molecule has 1 rings (SSSR count). The lowest BCUT2D eigenvalue weighted by molar-refractivity contribution is -0.108. The molecule has 0 aromatic carbocycles. The number of likely N-dealkylation sites (tertiary alicyclic amines) is 1. The van der Waals surface area contributed by atoms with Crippen LogP contribution in [0.5, 0.6) is 0 Å². The lowest BCUT2D eigenvalue weighted by Crippen LogP contribution is -2.26. The largest absolute Gasteiger partial charge is 0.465 e. The van der Waals surface area contributed by atoms with Crippen LogP contribution in [0.2, 0.25) is 0 Å². The summed E-state index contributed by atoms with van der Waals surface area (Å²) in [5.74, 6) is 0.253. The summed E-state index contributed by atoms with van der Waals surface area (Å²) < 4.78 is 0. The van der Waals surface area contributed by atoms with Crippen LogP contribution in [-0.2, 0) is 4.79 Å². The molecule has 0 bridgehead atoms. The van der Waals surface area contributed by atoms with E-state index in [1.807, 2.05) is 0 Å². The fourth-order valence-corrected chi connectivity index (χ4v) is 1.33. The molecule has 4 heteroatoms. The Hall–Kier alpha value is -1.06. The summed E-state index contributed by atoms with van der Waals surface area (Å²) in [4.78, 5) is 21.8. The van der Waals surface area contributed by atoms with Crippen molar-refractivity contribution < 1.29 is 14.7 Å². The van der Waals surface area contributed by atoms with Crippen molar-refractivity contribution in [2.45, 2.75) is 12.8 Å². The SMILES string of the molecule is O=CC[C@@H]1CCN(C(=O)O)C1. The lowest BCUT2D eigenvalue weighted by atomic mass is 10.1. The highest BCUT2D eigenvalue weighted by molar-refractivity contribution is 5.65. The molecule has 1 N–H and O–H groups in total. The monoisotopic (exact) mass is 157 g/mol. The van der Waals surface area contributed by atoms with Gasteiger partial charge in [-0.05, 0) is 12.3 Å². The highest BCUT2D eigenvalue weighted by Crippen LogP contribution is 2.17. The summed E-state index contributed by atoms with van der Waals surface area (Å²) >= 11 is 0. The first-order valence-electron chi connectivity index (χ1n) is 3.65. The van der Waals surface area contributed by atoms with Gasteiger partial charge >= 0.3 is 6.09 Å². The van der Waals surface area contributed by atoms with Crippen LogP contribution in [0.1, 0.15) is 12.8 Å². The van der Waals surface area contributed by atoms with E-state index in [2.05, 4.69) is 0 Å². The maximum Gasteiger partial charge on any atom is 0.407 e. The number of carbonyl (C=O) groups is 2. The van der Waals surface area contributed by atoms with E-state index in [1.165, 1.54) is 4.90 Å². The van der Waals surface area contributed by atoms with Crippen LogP contribution in [0.15, 0.2) is 0 Å². The van der Waals surface area contributed by atoms with Crippen molar-refractivity contribution in [1.29, 1.82) is 0 Å². The van der Waals surface area contributed by atoms with E-state index in [1.54, 1.807) is 0 Å². The van der Waals surface area contributed by atoms with Crippen LogP contribution in [0.25, 0.3) is 0 Å². The van der Waals surface area contributed by atoms with E-state index in [9.17, 15) is 9.59 Å². The lowest BCUT2D eigenvalue weighted by Gasteiger charge is -2.09. The zero-order chi connectivity index (χ0) is 8.27. The van der Waals surface area contributed by atoms with Gasteiger partial charge in [-0.2, -0.15) is 0 Å². The van der Waals surface area contributed by atoms with Gasteiger partial charge in [0.15, 0.2) is 0 Å². The smallest absolute Gasteiger partial charge is 0.407 e. The quantitative estimate of drug-likeness (QED) is 0.596. The Kier molecular flexibility index (Phi) is 2.46. The minimum Gasteiger partial charge on any atom is -0.465 e. The number of amides is 1. The molecule has 11 heavy (non-hydrogen) atoms. The number of aldehydes is 1. The molecule has 1 aliphatic rings. The second-order valence-electron chi connectivity index (χ2n) is 2.79. The zero-order valence-electron chi connectivity index (χ0n) is 6.19. The fourth-order valence-electron chi connectivity index (χ4n) is 1.33. The molecule has 0 unspecified atom stereocenters. The van der Waals surface area contributed by atoms with Crippen LogP contribution >= 0.6 is 0 Å². The van der Waals surface area contributed by atoms with Crippen molar-refractivity contribution in [3.05, 3.63) is 0 Å². The standard InChI is InChI=1S/C7H11NO3/c9-4-2-6-1-3-8(5-6)7(10)11/h4,6H,1-3,5H2,(H,10,11)/t6-/m0/s1. The maximum atomic E-state index is 10.4. The van der Waals surface area contributed by atoms with Crippen LogP contribution in [0.3, 0.4) is 0 Å². The van der Waals surface area contributed by atoms with Crippen LogP contribution in [0, 0.1) is 5.92 Å². The van der Waals surface area contributed by atoms with Gasteiger partial charge in [-0.15, -0.1) is 0 Å². The average Bonchev–Trinajstić information content (AvgIpc) is 2.37. The molecule has 0 aliphatic carbocycles. The average molecular weight is 157 g/mol. The van der Waals surface area contributed by atoms with Crippen LogP contribution in [-0.4, -0.2) is 35.5 Å². The molecule has 1 aliphatic heterocycles. The number of carbonyl (C=O) groups excluding carboxylic acids is 1. The molecule has 62 valence electrons. The third-order valence-corrected chi connectivity index (χ3v) is 1.99. The van der Waals surface area contributed by atoms with Crippen LogP contribution in [0.4, 0.5) is 4.79 Å². The molecular formula is C7H11NO3. The van der Waals surface area contributed by atoms with E-state index in [0.717, 1.165) is 12.7 Å². The number of nitrogens with zero attached hydrogens (tertiary/aromatic N) is 1. The van der Waals surface area contributed by atoms with E-state index in [4.69, 9.17) is 5.11 Å². The Bertz CT molecular complexity index is 169. The van der Waals surface area contributed by atoms with Crippen molar-refractivity contribution >= 4 is 12.4 Å². The van der Waals surface area contributed by atoms with Crippen molar-refractivity contribution in [2.24, 2.45) is 5.92 Å². The van der Waals surface area contributed by atoms with E-state index >= 15 is 0 Å². The Morgan fingerprint density at radius 1 is 1.73 bits per heavy atom. The molecule has 1 saturated heterocycles. The number of rotatable bonds is 2. The molecular weight excluding hydrogens is 146 g/mol. The van der Waals surface area contributed by atoms with Gasteiger partial charge in [-0.1, -0.05) is 0 Å². The summed E-state index contributed by atoms with van der Waals surface area (Å²) in [5.41, 5.74) is 0. The van der Waals surface area contributed by atoms with Crippen molar-refractivity contribution in [3.8, 4) is 0 Å². The summed E-state index contributed by atoms with van der Waals surface area (Å²) in [6.07, 6.45) is 1.29. The highest BCUT2D eigenvalue weighted by Gasteiger charge is 2.24. The number of hydrogen-bond acceptors (Lipinski definition) is 2. The van der Waals surface area contributed by atoms with Gasteiger partial charge in [0.05, 0.1) is 0 Å². The van der Waals surface area contributed by atoms with Gasteiger partial charge in [0.2, 0.25) is 0 Å². The van der Waals surface area contributed by atoms with Gasteiger partial charge < -0.3 is 14.8 Å². The molecule has 0 spiro atoms. The first-order valence-corrected chi connectivity index (χ1v) is 3.65. The number of carboxylic acid groups (broad SMARTS) is 1. The van der Waals surface area contributed by atoms with Gasteiger partial charge in [0.1, 0.15) is 6.29 Å². The maximum absolute atomic E-state index is 10.4. The van der Waals surface area contributed by atoms with Gasteiger partial charge in [-0.3, -0.25) is 0 Å². The van der Waals surface area contributed by atoms with Crippen molar-refractivity contribution in [1.82, 2.24) is 4.90 Å². The molecule has 0 radical (unpaired) electrons. The highest BCUT2D eigenvalue weighted by atomic mass is 16.4. The topological polar surface area (TPSA) is 57.6 Å². The zero-order valence-corrected chi connectivity index (χ0v) is 6.19. The minimum absolute atomic E-state index is 0.253. The third kappa shape index (κ3) is 1.93. The second-order valence-corrected chi connectivity index (χ2v) is 2.79. The minimum atomic E-state index is -0.876. The van der Waals surface area contributed by atoms with E-state index in [-0.39, 0.29) is 5.92 Å². The Morgan fingerprint density at radius 2 is 2.45 bits per heavy atom. The summed E-state index contributed by atoms with van der Waals surface area (Å²) in [5, 5.41) is 8.54. The summed E-state index contributed by atoms with van der Waals surface area (Å²) in [7, 11) is 0. The second kappa shape index (κ2) is 3.37. The summed E-state index contributed by atoms with van der Waals surface area (Å²) in [6, 6.07) is 0. The first kappa shape index (κ1) is 8.04. The van der Waals surface area contributed by atoms with E-state index < -0.39 is 6.09 Å². The van der Waals surface area contributed by atoms with Crippen molar-refractivity contribution in [2.75, 3.05) is 13.1 Å². The predicted molar refractivity (Wildman–Crippen MR) is 38.4 cm³/mol. The molecule has 1 amide bonds. The molecule has 1 heterocycles. The molecule has 0 saturated carbocycles. The Balaban J connectivity index is 2.34. The Labute approximate surface area is 64.8 Å². The van der Waals surface area contributed by atoms with Crippen molar-refractivity contribution in [3.63, 3.8) is 0 Å². The van der Waals surface area contributed by atoms with E-state index in [0.29, 0.717) is 19.5 Å².